The Balaban J connectivity index is 2.88. The van der Waals surface area contributed by atoms with Crippen LogP contribution in [0.15, 0.2) is 12.3 Å². The van der Waals surface area contributed by atoms with Gasteiger partial charge in [-0.1, -0.05) is 13.3 Å². The molecule has 0 saturated carbocycles. The number of nitrogens with zero attached hydrogens (tertiary/aromatic N) is 2. The quantitative estimate of drug-likeness (QED) is 0.502. The van der Waals surface area contributed by atoms with E-state index in [-0.39, 0.29) is 17.9 Å². The number of aromatic carboxylic acids is 1. The zero-order chi connectivity index (χ0) is 14.4. The van der Waals surface area contributed by atoms with Crippen molar-refractivity contribution in [1.29, 1.82) is 0 Å². The van der Waals surface area contributed by atoms with Gasteiger partial charge in [-0.2, -0.15) is 0 Å². The minimum absolute atomic E-state index is 0.0508. The predicted octanol–water partition coefficient (Wildman–Crippen LogP) is 1.26. The summed E-state index contributed by atoms with van der Waals surface area (Å²) in [6, 6.07) is 0.934. The van der Waals surface area contributed by atoms with Gasteiger partial charge in [0.2, 0.25) is 5.82 Å². The lowest BCUT2D eigenvalue weighted by Crippen LogP contribution is -2.20. The van der Waals surface area contributed by atoms with Crippen molar-refractivity contribution in [3.05, 3.63) is 27.9 Å². The highest BCUT2D eigenvalue weighted by atomic mass is 16.6. The molecule has 0 radical (unpaired) electrons. The second-order valence-electron chi connectivity index (χ2n) is 3.98. The van der Waals surface area contributed by atoms with Crippen LogP contribution in [0.4, 0.5) is 11.5 Å². The van der Waals surface area contributed by atoms with Crippen molar-refractivity contribution in [3.63, 3.8) is 0 Å². The van der Waals surface area contributed by atoms with Crippen LogP contribution in [0.2, 0.25) is 0 Å². The van der Waals surface area contributed by atoms with Crippen LogP contribution < -0.4 is 5.32 Å². The molecule has 1 rings (SSSR count). The first-order valence-corrected chi connectivity index (χ1v) is 5.75. The number of nitro groups is 1. The van der Waals surface area contributed by atoms with Crippen molar-refractivity contribution >= 4 is 17.5 Å². The zero-order valence-electron chi connectivity index (χ0n) is 10.4. The van der Waals surface area contributed by atoms with Gasteiger partial charge in [0.15, 0.2) is 0 Å². The summed E-state index contributed by atoms with van der Waals surface area (Å²) >= 11 is 0. The molecular weight excluding hydrogens is 254 g/mol. The average molecular weight is 269 g/mol. The fourth-order valence-corrected chi connectivity index (χ4v) is 1.50. The Labute approximate surface area is 109 Å². The zero-order valence-corrected chi connectivity index (χ0v) is 10.4. The van der Waals surface area contributed by atoms with Crippen LogP contribution in [-0.2, 0) is 0 Å². The summed E-state index contributed by atoms with van der Waals surface area (Å²) in [5.74, 6) is -1.33. The van der Waals surface area contributed by atoms with Crippen LogP contribution in [0.5, 0.6) is 0 Å². The summed E-state index contributed by atoms with van der Waals surface area (Å²) < 4.78 is 0. The number of carboxylic acids is 1. The standard InChI is InChI=1S/C11H15N3O5/c1-2-3-8(15)6-13-10-9(14(18)19)4-7(5-12-10)11(16)17/h4-5,8,15H,2-3,6H2,1H3,(H,12,13)(H,16,17). The molecule has 0 amide bonds. The number of aliphatic hydroxyl groups excluding tert-OH is 1. The molecule has 104 valence electrons. The molecular formula is C11H15N3O5. The Morgan fingerprint density at radius 1 is 1.63 bits per heavy atom. The van der Waals surface area contributed by atoms with E-state index in [0.29, 0.717) is 6.42 Å². The lowest BCUT2D eigenvalue weighted by molar-refractivity contribution is -0.384. The Morgan fingerprint density at radius 3 is 2.84 bits per heavy atom. The van der Waals surface area contributed by atoms with E-state index in [4.69, 9.17) is 5.11 Å². The molecule has 8 nitrogen and oxygen atoms in total. The van der Waals surface area contributed by atoms with Gasteiger partial charge in [-0.05, 0) is 6.42 Å². The topological polar surface area (TPSA) is 126 Å². The molecule has 3 N–H and O–H groups in total. The lowest BCUT2D eigenvalue weighted by Gasteiger charge is -2.11. The lowest BCUT2D eigenvalue weighted by atomic mass is 10.2. The van der Waals surface area contributed by atoms with Crippen molar-refractivity contribution in [3.8, 4) is 0 Å². The van der Waals surface area contributed by atoms with Gasteiger partial charge in [-0.25, -0.2) is 9.78 Å². The van der Waals surface area contributed by atoms with Crippen LogP contribution in [0.1, 0.15) is 30.1 Å². The number of carboxylic acid groups (broad SMARTS) is 1. The molecule has 0 aliphatic carbocycles. The van der Waals surface area contributed by atoms with Crippen molar-refractivity contribution in [1.82, 2.24) is 4.98 Å². The molecule has 1 unspecified atom stereocenters. The van der Waals surface area contributed by atoms with Gasteiger partial charge in [0.1, 0.15) is 0 Å². The third-order valence-electron chi connectivity index (χ3n) is 2.44. The molecule has 1 atom stereocenters. The molecule has 19 heavy (non-hydrogen) atoms. The molecule has 0 bridgehead atoms. The van der Waals surface area contributed by atoms with Gasteiger partial charge in [0.05, 0.1) is 16.6 Å². The number of hydrogen-bond donors (Lipinski definition) is 3. The first-order chi connectivity index (χ1) is 8.95. The number of rotatable bonds is 7. The normalized spacial score (nSPS) is 11.9. The molecule has 0 aromatic carbocycles. The summed E-state index contributed by atoms with van der Waals surface area (Å²) in [6.45, 7) is 2.03. The molecule has 0 spiro atoms. The van der Waals surface area contributed by atoms with Gasteiger partial charge in [0, 0.05) is 18.8 Å². The van der Waals surface area contributed by atoms with Gasteiger partial charge in [-0.15, -0.1) is 0 Å². The number of anilines is 1. The smallest absolute Gasteiger partial charge is 0.337 e. The highest BCUT2D eigenvalue weighted by Gasteiger charge is 2.19. The highest BCUT2D eigenvalue weighted by molar-refractivity contribution is 5.88. The molecule has 0 fully saturated rings. The molecule has 0 aliphatic heterocycles. The fraction of sp³-hybridized carbons (Fsp3) is 0.455. The van der Waals surface area contributed by atoms with E-state index in [1.807, 2.05) is 6.92 Å². The minimum Gasteiger partial charge on any atom is -0.478 e. The van der Waals surface area contributed by atoms with Crippen LogP contribution in [0, 0.1) is 10.1 Å². The van der Waals surface area contributed by atoms with Crippen molar-refractivity contribution in [2.75, 3.05) is 11.9 Å². The van der Waals surface area contributed by atoms with E-state index in [9.17, 15) is 20.0 Å². The Bertz CT molecular complexity index is 477. The van der Waals surface area contributed by atoms with Crippen LogP contribution in [0.25, 0.3) is 0 Å². The molecule has 1 heterocycles. The van der Waals surface area contributed by atoms with E-state index in [0.717, 1.165) is 18.7 Å². The molecule has 1 aromatic rings. The van der Waals surface area contributed by atoms with Crippen LogP contribution >= 0.6 is 0 Å². The Morgan fingerprint density at radius 2 is 2.32 bits per heavy atom. The van der Waals surface area contributed by atoms with Gasteiger partial charge >= 0.3 is 11.7 Å². The van der Waals surface area contributed by atoms with Crippen molar-refractivity contribution in [2.24, 2.45) is 0 Å². The number of carbonyl (C=O) groups is 1. The summed E-state index contributed by atoms with van der Waals surface area (Å²) in [5.41, 5.74) is -0.685. The predicted molar refractivity (Wildman–Crippen MR) is 67.3 cm³/mol. The number of pyridine rings is 1. The number of aromatic nitrogens is 1. The van der Waals surface area contributed by atoms with E-state index in [2.05, 4.69) is 10.3 Å². The number of aliphatic hydroxyl groups is 1. The van der Waals surface area contributed by atoms with Crippen molar-refractivity contribution < 1.29 is 19.9 Å². The third-order valence-corrected chi connectivity index (χ3v) is 2.44. The third kappa shape index (κ3) is 4.18. The summed E-state index contributed by atoms with van der Waals surface area (Å²) in [7, 11) is 0. The Kier molecular flexibility index (Phi) is 5.19. The maximum absolute atomic E-state index is 10.8. The first kappa shape index (κ1) is 14.8. The molecule has 8 heteroatoms. The van der Waals surface area contributed by atoms with E-state index < -0.39 is 22.7 Å². The summed E-state index contributed by atoms with van der Waals surface area (Å²) in [4.78, 5) is 24.5. The second-order valence-corrected chi connectivity index (χ2v) is 3.98. The van der Waals surface area contributed by atoms with Gasteiger partial charge in [-0.3, -0.25) is 10.1 Å². The highest BCUT2D eigenvalue weighted by Crippen LogP contribution is 2.22. The van der Waals surface area contributed by atoms with E-state index in [1.165, 1.54) is 0 Å². The van der Waals surface area contributed by atoms with E-state index in [1.54, 1.807) is 0 Å². The molecule has 0 saturated heterocycles. The summed E-state index contributed by atoms with van der Waals surface area (Å²) in [6.07, 6.45) is 1.75. The Hall–Kier alpha value is -2.22. The second kappa shape index (κ2) is 6.64. The monoisotopic (exact) mass is 269 g/mol. The number of nitrogens with one attached hydrogen (secondary N) is 1. The largest absolute Gasteiger partial charge is 0.478 e. The minimum atomic E-state index is -1.28. The maximum Gasteiger partial charge on any atom is 0.337 e. The van der Waals surface area contributed by atoms with Gasteiger partial charge < -0.3 is 15.5 Å². The molecule has 1 aromatic heterocycles. The SMILES string of the molecule is CCCC(O)CNc1ncc(C(=O)O)cc1[N+](=O)[O-]. The van der Waals surface area contributed by atoms with Crippen LogP contribution in [0.3, 0.4) is 0 Å². The fourth-order valence-electron chi connectivity index (χ4n) is 1.50. The first-order valence-electron chi connectivity index (χ1n) is 5.75. The van der Waals surface area contributed by atoms with E-state index >= 15 is 0 Å². The maximum atomic E-state index is 10.8. The number of hydrogen-bond acceptors (Lipinski definition) is 6. The molecule has 0 aliphatic rings. The average Bonchev–Trinajstić information content (AvgIpc) is 2.36. The summed E-state index contributed by atoms with van der Waals surface area (Å²) in [5, 5.41) is 31.8. The van der Waals surface area contributed by atoms with Crippen LogP contribution in [-0.4, -0.2) is 38.7 Å². The van der Waals surface area contributed by atoms with Crippen molar-refractivity contribution in [2.45, 2.75) is 25.9 Å². The van der Waals surface area contributed by atoms with Gasteiger partial charge in [0.25, 0.3) is 0 Å².